The van der Waals surface area contributed by atoms with Crippen LogP contribution in [0, 0.1) is 6.92 Å². The summed E-state index contributed by atoms with van der Waals surface area (Å²) in [6, 6.07) is 14.8. The van der Waals surface area contributed by atoms with Crippen molar-refractivity contribution in [3.8, 4) is 11.5 Å². The average molecular weight is 623 g/mol. The Morgan fingerprint density at radius 1 is 0.976 bits per heavy atom. The van der Waals surface area contributed by atoms with Gasteiger partial charge in [0.15, 0.2) is 0 Å². The zero-order valence-electron chi connectivity index (χ0n) is 23.5. The molecule has 0 radical (unpaired) electrons. The Balaban J connectivity index is 2.14. The number of hydrogen-bond donors (Lipinski definition) is 1. The third-order valence-corrected chi connectivity index (χ3v) is 8.78. The van der Waals surface area contributed by atoms with E-state index in [0.29, 0.717) is 27.9 Å². The number of nitrogens with zero attached hydrogens (tertiary/aromatic N) is 2. The Bertz CT molecular complexity index is 1500. The standard InChI is InChI=1S/C29H33Cl2N3O6S/c1-6-32-29(36)20(3)33(17-21-9-10-22(30)15-25(21)31)28(35)18-34(26-16-23(39-4)11-14-27(26)40-5)41(37,38)24-12-7-19(2)8-13-24/h7-16,20H,6,17-18H2,1-5H3,(H,32,36)/t20-/m0/s1. The quantitative estimate of drug-likeness (QED) is 0.303. The highest BCUT2D eigenvalue weighted by Gasteiger charge is 2.34. The molecule has 3 rings (SSSR count). The highest BCUT2D eigenvalue weighted by Crippen LogP contribution is 2.36. The van der Waals surface area contributed by atoms with Gasteiger partial charge in [-0.1, -0.05) is 47.0 Å². The van der Waals surface area contributed by atoms with E-state index in [0.717, 1.165) is 9.87 Å². The van der Waals surface area contributed by atoms with Crippen molar-refractivity contribution in [1.29, 1.82) is 0 Å². The molecule has 12 heteroatoms. The molecule has 1 N–H and O–H groups in total. The van der Waals surface area contributed by atoms with Gasteiger partial charge in [-0.15, -0.1) is 0 Å². The lowest BCUT2D eigenvalue weighted by molar-refractivity contribution is -0.139. The van der Waals surface area contributed by atoms with E-state index in [1.165, 1.54) is 43.4 Å². The third-order valence-electron chi connectivity index (χ3n) is 6.42. The van der Waals surface area contributed by atoms with Crippen molar-refractivity contribution in [3.63, 3.8) is 0 Å². The summed E-state index contributed by atoms with van der Waals surface area (Å²) in [5.41, 5.74) is 1.50. The lowest BCUT2D eigenvalue weighted by Gasteiger charge is -2.32. The van der Waals surface area contributed by atoms with Gasteiger partial charge in [-0.3, -0.25) is 13.9 Å². The van der Waals surface area contributed by atoms with Crippen molar-refractivity contribution in [2.75, 3.05) is 31.6 Å². The van der Waals surface area contributed by atoms with Gasteiger partial charge < -0.3 is 19.7 Å². The summed E-state index contributed by atoms with van der Waals surface area (Å²) >= 11 is 12.5. The van der Waals surface area contributed by atoms with E-state index in [9.17, 15) is 18.0 Å². The first kappa shape index (κ1) is 32.0. The number of methoxy groups -OCH3 is 2. The molecule has 0 fully saturated rings. The maximum atomic E-state index is 14.1. The molecular weight excluding hydrogens is 589 g/mol. The summed E-state index contributed by atoms with van der Waals surface area (Å²) in [7, 11) is -1.45. The lowest BCUT2D eigenvalue weighted by Crippen LogP contribution is -2.51. The molecule has 0 bridgehead atoms. The summed E-state index contributed by atoms with van der Waals surface area (Å²) in [6.07, 6.45) is 0. The number of rotatable bonds is 12. The number of halogens is 2. The predicted molar refractivity (Wildman–Crippen MR) is 160 cm³/mol. The maximum absolute atomic E-state index is 14.1. The minimum Gasteiger partial charge on any atom is -0.497 e. The van der Waals surface area contributed by atoms with E-state index in [4.69, 9.17) is 32.7 Å². The van der Waals surface area contributed by atoms with Crippen LogP contribution in [-0.4, -0.2) is 58.5 Å². The Morgan fingerprint density at radius 3 is 2.24 bits per heavy atom. The number of carbonyl (C=O) groups is 2. The fourth-order valence-electron chi connectivity index (χ4n) is 4.08. The minimum absolute atomic E-state index is 0.0233. The Morgan fingerprint density at radius 2 is 1.66 bits per heavy atom. The van der Waals surface area contributed by atoms with Crippen molar-refractivity contribution in [2.24, 2.45) is 0 Å². The van der Waals surface area contributed by atoms with Crippen LogP contribution in [0.1, 0.15) is 25.0 Å². The van der Waals surface area contributed by atoms with Crippen LogP contribution in [0.15, 0.2) is 65.6 Å². The second-order valence-corrected chi connectivity index (χ2v) is 11.9. The Kier molecular flexibility index (Phi) is 10.9. The molecule has 220 valence electrons. The van der Waals surface area contributed by atoms with Crippen LogP contribution in [0.3, 0.4) is 0 Å². The molecule has 1 atom stereocenters. The largest absolute Gasteiger partial charge is 0.497 e. The summed E-state index contributed by atoms with van der Waals surface area (Å²) in [5.74, 6) is -0.482. The van der Waals surface area contributed by atoms with Crippen LogP contribution in [0.4, 0.5) is 5.69 Å². The second kappa shape index (κ2) is 13.9. The molecule has 0 spiro atoms. The van der Waals surface area contributed by atoms with E-state index in [-0.39, 0.29) is 22.9 Å². The number of anilines is 1. The van der Waals surface area contributed by atoms with Gasteiger partial charge in [0.25, 0.3) is 10.0 Å². The molecule has 0 aliphatic rings. The van der Waals surface area contributed by atoms with Crippen molar-refractivity contribution >= 4 is 50.7 Å². The number of likely N-dealkylation sites (N-methyl/N-ethyl adjacent to an activating group) is 1. The molecule has 3 aromatic rings. The van der Waals surface area contributed by atoms with Crippen LogP contribution in [0.2, 0.25) is 10.0 Å². The first-order chi connectivity index (χ1) is 19.4. The number of hydrogen-bond acceptors (Lipinski definition) is 6. The van der Waals surface area contributed by atoms with E-state index in [1.807, 2.05) is 6.92 Å². The third kappa shape index (κ3) is 7.63. The SMILES string of the molecule is CCNC(=O)[C@H](C)N(Cc1ccc(Cl)cc1Cl)C(=O)CN(c1cc(OC)ccc1OC)S(=O)(=O)c1ccc(C)cc1. The number of ether oxygens (including phenoxy) is 2. The van der Waals surface area contributed by atoms with Crippen molar-refractivity contribution in [3.05, 3.63) is 81.8 Å². The second-order valence-electron chi connectivity index (χ2n) is 9.19. The monoisotopic (exact) mass is 621 g/mol. The van der Waals surface area contributed by atoms with E-state index >= 15 is 0 Å². The van der Waals surface area contributed by atoms with Crippen LogP contribution in [-0.2, 0) is 26.2 Å². The van der Waals surface area contributed by atoms with Gasteiger partial charge in [-0.25, -0.2) is 8.42 Å². The van der Waals surface area contributed by atoms with E-state index < -0.39 is 34.4 Å². The van der Waals surface area contributed by atoms with Crippen molar-refractivity contribution < 1.29 is 27.5 Å². The topological polar surface area (TPSA) is 105 Å². The van der Waals surface area contributed by atoms with Gasteiger partial charge in [0.1, 0.15) is 24.1 Å². The molecular formula is C29H33Cl2N3O6S. The van der Waals surface area contributed by atoms with Crippen LogP contribution in [0.25, 0.3) is 0 Å². The number of nitrogens with one attached hydrogen (secondary N) is 1. The molecule has 0 aliphatic heterocycles. The van der Waals surface area contributed by atoms with Gasteiger partial charge in [0.05, 0.1) is 24.8 Å². The highest BCUT2D eigenvalue weighted by molar-refractivity contribution is 7.92. The first-order valence-electron chi connectivity index (χ1n) is 12.8. The molecule has 41 heavy (non-hydrogen) atoms. The molecule has 0 saturated heterocycles. The molecule has 0 unspecified atom stereocenters. The fourth-order valence-corrected chi connectivity index (χ4v) is 5.97. The number of aryl methyl sites for hydroxylation is 1. The highest BCUT2D eigenvalue weighted by atomic mass is 35.5. The van der Waals surface area contributed by atoms with Gasteiger partial charge >= 0.3 is 0 Å². The summed E-state index contributed by atoms with van der Waals surface area (Å²) in [6.45, 7) is 4.80. The zero-order chi connectivity index (χ0) is 30.3. The minimum atomic E-state index is -4.29. The summed E-state index contributed by atoms with van der Waals surface area (Å²) in [5, 5.41) is 3.43. The molecule has 0 heterocycles. The smallest absolute Gasteiger partial charge is 0.264 e. The van der Waals surface area contributed by atoms with Gasteiger partial charge in [0, 0.05) is 29.2 Å². The molecule has 0 aromatic heterocycles. The van der Waals surface area contributed by atoms with Crippen molar-refractivity contribution in [1.82, 2.24) is 10.2 Å². The zero-order valence-corrected chi connectivity index (χ0v) is 25.8. The average Bonchev–Trinajstić information content (AvgIpc) is 2.95. The van der Waals surface area contributed by atoms with Gasteiger partial charge in [-0.05, 0) is 62.7 Å². The van der Waals surface area contributed by atoms with Gasteiger partial charge in [-0.2, -0.15) is 0 Å². The van der Waals surface area contributed by atoms with E-state index in [1.54, 1.807) is 50.2 Å². The van der Waals surface area contributed by atoms with Gasteiger partial charge in [0.2, 0.25) is 11.8 Å². The van der Waals surface area contributed by atoms with Crippen molar-refractivity contribution in [2.45, 2.75) is 38.3 Å². The molecule has 0 aliphatic carbocycles. The summed E-state index contributed by atoms with van der Waals surface area (Å²) in [4.78, 5) is 28.2. The normalized spacial score (nSPS) is 11.9. The molecule has 2 amide bonds. The molecule has 9 nitrogen and oxygen atoms in total. The van der Waals surface area contributed by atoms with Crippen LogP contribution in [0.5, 0.6) is 11.5 Å². The fraction of sp³-hybridized carbons (Fsp3) is 0.310. The number of carbonyl (C=O) groups excluding carboxylic acids is 2. The van der Waals surface area contributed by atoms with E-state index in [2.05, 4.69) is 5.32 Å². The molecule has 0 saturated carbocycles. The Hall–Kier alpha value is -3.47. The molecule has 3 aromatic carbocycles. The number of amides is 2. The number of benzene rings is 3. The maximum Gasteiger partial charge on any atom is 0.264 e. The predicted octanol–water partition coefficient (Wildman–Crippen LogP) is 5.07. The number of sulfonamides is 1. The summed E-state index contributed by atoms with van der Waals surface area (Å²) < 4.78 is 39.9. The lowest BCUT2D eigenvalue weighted by atomic mass is 10.1. The van der Waals surface area contributed by atoms with Crippen LogP contribution < -0.4 is 19.1 Å². The van der Waals surface area contributed by atoms with Crippen LogP contribution >= 0.6 is 23.2 Å². The Labute approximate surface area is 251 Å². The first-order valence-corrected chi connectivity index (χ1v) is 14.9.